The van der Waals surface area contributed by atoms with Crippen molar-refractivity contribution >= 4 is 18.7 Å². The fourth-order valence-electron chi connectivity index (χ4n) is 2.03. The zero-order valence-electron chi connectivity index (χ0n) is 10.5. The Morgan fingerprint density at radius 3 is 2.79 bits per heavy atom. The highest BCUT2D eigenvalue weighted by atomic mass is 32.1. The van der Waals surface area contributed by atoms with E-state index in [1.807, 2.05) is 30.3 Å². The van der Waals surface area contributed by atoms with Crippen LogP contribution in [-0.2, 0) is 11.3 Å². The summed E-state index contributed by atoms with van der Waals surface area (Å²) >= 11 is 4.05. The number of β-amino-alcohol motifs (C(OH)–C–C–N with tert-alkyl or cyclic N) is 1. The molecular formula is C13H18N2O3S. The molecule has 1 aromatic carbocycles. The zero-order chi connectivity index (χ0) is 13.9. The average Bonchev–Trinajstić information content (AvgIpc) is 2.81. The van der Waals surface area contributed by atoms with Gasteiger partial charge in [-0.1, -0.05) is 30.3 Å². The second-order valence-corrected chi connectivity index (χ2v) is 5.32. The summed E-state index contributed by atoms with van der Waals surface area (Å²) in [4.78, 5) is 13.3. The van der Waals surface area contributed by atoms with Crippen LogP contribution in [0.15, 0.2) is 30.3 Å². The molecule has 0 spiro atoms. The molecule has 0 radical (unpaired) electrons. The summed E-state index contributed by atoms with van der Waals surface area (Å²) in [5, 5.41) is 9.46. The maximum absolute atomic E-state index is 11.9. The Morgan fingerprint density at radius 1 is 1.53 bits per heavy atom. The minimum absolute atomic E-state index is 0.158. The fourth-order valence-corrected chi connectivity index (χ4v) is 2.24. The lowest BCUT2D eigenvalue weighted by molar-refractivity contribution is 0.0432. The Balaban J connectivity index is 1.85. The van der Waals surface area contributed by atoms with Gasteiger partial charge in [-0.25, -0.2) is 4.79 Å². The van der Waals surface area contributed by atoms with E-state index in [-0.39, 0.29) is 13.2 Å². The van der Waals surface area contributed by atoms with Crippen molar-refractivity contribution in [3.63, 3.8) is 0 Å². The minimum atomic E-state index is -1.13. The molecule has 2 unspecified atom stereocenters. The number of carbonyl (C=O) groups excluding carboxylic acids is 1. The summed E-state index contributed by atoms with van der Waals surface area (Å²) in [7, 11) is 0. The molecule has 0 saturated carbocycles. The van der Waals surface area contributed by atoms with E-state index in [1.54, 1.807) is 0 Å². The first-order valence-electron chi connectivity index (χ1n) is 6.13. The van der Waals surface area contributed by atoms with Crippen molar-refractivity contribution in [2.24, 2.45) is 5.73 Å². The van der Waals surface area contributed by atoms with Gasteiger partial charge in [0.05, 0.1) is 11.9 Å². The van der Waals surface area contributed by atoms with Crippen molar-refractivity contribution in [1.82, 2.24) is 4.90 Å². The van der Waals surface area contributed by atoms with Crippen molar-refractivity contribution in [2.45, 2.75) is 24.0 Å². The van der Waals surface area contributed by atoms with Crippen LogP contribution >= 0.6 is 12.6 Å². The van der Waals surface area contributed by atoms with Crippen molar-refractivity contribution in [1.29, 1.82) is 0 Å². The monoisotopic (exact) mass is 282 g/mol. The van der Waals surface area contributed by atoms with Crippen molar-refractivity contribution in [2.75, 3.05) is 13.1 Å². The maximum Gasteiger partial charge on any atom is 0.410 e. The van der Waals surface area contributed by atoms with Crippen LogP contribution in [0.4, 0.5) is 4.79 Å². The smallest absolute Gasteiger partial charge is 0.410 e. The summed E-state index contributed by atoms with van der Waals surface area (Å²) < 4.78 is 5.20. The van der Waals surface area contributed by atoms with Crippen LogP contribution in [0.2, 0.25) is 0 Å². The second-order valence-electron chi connectivity index (χ2n) is 4.76. The van der Waals surface area contributed by atoms with E-state index >= 15 is 0 Å². The highest BCUT2D eigenvalue weighted by Crippen LogP contribution is 2.26. The number of rotatable bonds is 3. The molecule has 6 heteroatoms. The molecule has 2 rings (SSSR count). The molecular weight excluding hydrogens is 264 g/mol. The normalized spacial score (nSPS) is 24.3. The number of amides is 1. The van der Waals surface area contributed by atoms with E-state index in [9.17, 15) is 9.90 Å². The van der Waals surface area contributed by atoms with Crippen LogP contribution in [0.3, 0.4) is 0 Å². The van der Waals surface area contributed by atoms with Gasteiger partial charge in [-0.3, -0.25) is 0 Å². The van der Waals surface area contributed by atoms with E-state index < -0.39 is 17.1 Å². The Labute approximate surface area is 117 Å². The number of hydrogen-bond acceptors (Lipinski definition) is 5. The first-order valence-corrected chi connectivity index (χ1v) is 6.64. The molecule has 0 bridgehead atoms. The zero-order valence-corrected chi connectivity index (χ0v) is 11.4. The number of carbonyl (C=O) groups is 1. The summed E-state index contributed by atoms with van der Waals surface area (Å²) in [6, 6.07) is 9.45. The molecule has 1 amide bonds. The van der Waals surface area contributed by atoms with E-state index in [0.29, 0.717) is 13.0 Å². The van der Waals surface area contributed by atoms with Crippen molar-refractivity contribution < 1.29 is 14.6 Å². The lowest BCUT2D eigenvalue weighted by Gasteiger charge is -2.26. The molecule has 0 aromatic heterocycles. The Morgan fingerprint density at radius 2 is 2.21 bits per heavy atom. The van der Waals surface area contributed by atoms with Crippen LogP contribution in [0.25, 0.3) is 0 Å². The summed E-state index contributed by atoms with van der Waals surface area (Å²) in [6.07, 6.45) is -0.0215. The number of ether oxygens (including phenoxy) is 1. The lowest BCUT2D eigenvalue weighted by Crippen LogP contribution is -2.47. The predicted octanol–water partition coefficient (Wildman–Crippen LogP) is 0.975. The lowest BCUT2D eigenvalue weighted by atomic mass is 10.0. The largest absolute Gasteiger partial charge is 0.445 e. The van der Waals surface area contributed by atoms with Crippen LogP contribution in [0.1, 0.15) is 12.0 Å². The topological polar surface area (TPSA) is 75.8 Å². The molecule has 2 atom stereocenters. The number of nitrogens with two attached hydrogens (primary N) is 1. The van der Waals surface area contributed by atoms with E-state index in [0.717, 1.165) is 5.56 Å². The first kappa shape index (κ1) is 14.2. The van der Waals surface area contributed by atoms with Gasteiger partial charge in [0, 0.05) is 6.54 Å². The first-order chi connectivity index (χ1) is 9.01. The summed E-state index contributed by atoms with van der Waals surface area (Å²) in [5.74, 6) is 0. The molecule has 1 aromatic rings. The average molecular weight is 282 g/mol. The molecule has 5 nitrogen and oxygen atoms in total. The highest BCUT2D eigenvalue weighted by Gasteiger charge is 2.42. The molecule has 19 heavy (non-hydrogen) atoms. The quantitative estimate of drug-likeness (QED) is 0.570. The predicted molar refractivity (Wildman–Crippen MR) is 74.7 cm³/mol. The van der Waals surface area contributed by atoms with E-state index in [4.69, 9.17) is 10.5 Å². The molecule has 1 aliphatic heterocycles. The maximum atomic E-state index is 11.9. The number of thiol groups is 1. The van der Waals surface area contributed by atoms with Crippen LogP contribution in [0.5, 0.6) is 0 Å². The minimum Gasteiger partial charge on any atom is -0.445 e. The molecule has 1 heterocycles. The Kier molecular flexibility index (Phi) is 4.34. The number of aliphatic hydroxyl groups is 1. The SMILES string of the molecule is NC(S)C1(O)CCN(C(=O)OCc2ccccc2)C1. The van der Waals surface area contributed by atoms with Gasteiger partial charge < -0.3 is 20.5 Å². The van der Waals surface area contributed by atoms with Gasteiger partial charge in [-0.15, -0.1) is 0 Å². The van der Waals surface area contributed by atoms with Gasteiger partial charge in [0.25, 0.3) is 0 Å². The molecule has 3 N–H and O–H groups in total. The van der Waals surface area contributed by atoms with Gasteiger partial charge in [0.2, 0.25) is 0 Å². The van der Waals surface area contributed by atoms with E-state index in [2.05, 4.69) is 12.6 Å². The second kappa shape index (κ2) is 5.81. The van der Waals surface area contributed by atoms with Gasteiger partial charge >= 0.3 is 6.09 Å². The van der Waals surface area contributed by atoms with Gasteiger partial charge in [0.15, 0.2) is 0 Å². The number of nitrogens with zero attached hydrogens (tertiary/aromatic N) is 1. The third-order valence-corrected chi connectivity index (χ3v) is 3.77. The Bertz CT molecular complexity index is 441. The molecule has 1 fully saturated rings. The number of hydrogen-bond donors (Lipinski definition) is 3. The molecule has 1 saturated heterocycles. The van der Waals surface area contributed by atoms with Gasteiger partial charge in [-0.2, -0.15) is 12.6 Å². The highest BCUT2D eigenvalue weighted by molar-refractivity contribution is 7.81. The Hall–Kier alpha value is -1.24. The van der Waals surface area contributed by atoms with Crippen LogP contribution in [0, 0.1) is 0 Å². The fraction of sp³-hybridized carbons (Fsp3) is 0.462. The van der Waals surface area contributed by atoms with Crippen LogP contribution in [-0.4, -0.2) is 40.2 Å². The molecule has 0 aliphatic carbocycles. The standard InChI is InChI=1S/C13H18N2O3S/c14-11(19)13(17)6-7-15(9-13)12(16)18-8-10-4-2-1-3-5-10/h1-5,11,17,19H,6-9,14H2. The third-order valence-electron chi connectivity index (χ3n) is 3.29. The van der Waals surface area contributed by atoms with Crippen molar-refractivity contribution in [3.05, 3.63) is 35.9 Å². The number of likely N-dealkylation sites (tertiary alicyclic amines) is 1. The summed E-state index contributed by atoms with van der Waals surface area (Å²) in [5.41, 5.74) is 5.39. The number of benzene rings is 1. The van der Waals surface area contributed by atoms with E-state index in [1.165, 1.54) is 4.90 Å². The third kappa shape index (κ3) is 3.40. The van der Waals surface area contributed by atoms with Gasteiger partial charge in [0.1, 0.15) is 12.2 Å². The molecule has 1 aliphatic rings. The van der Waals surface area contributed by atoms with Crippen molar-refractivity contribution in [3.8, 4) is 0 Å². The van der Waals surface area contributed by atoms with Crippen LogP contribution < -0.4 is 5.73 Å². The van der Waals surface area contributed by atoms with Gasteiger partial charge in [-0.05, 0) is 12.0 Å². The molecule has 104 valence electrons. The summed E-state index contributed by atoms with van der Waals surface area (Å²) in [6.45, 7) is 0.811.